The number of nitrogens with two attached hydrogens (primary N) is 1. The van der Waals surface area contributed by atoms with Crippen LogP contribution in [0.2, 0.25) is 0 Å². The van der Waals surface area contributed by atoms with Crippen molar-refractivity contribution in [1.29, 1.82) is 0 Å². The third-order valence-corrected chi connectivity index (χ3v) is 7.45. The van der Waals surface area contributed by atoms with Crippen LogP contribution < -0.4 is 20.1 Å². The van der Waals surface area contributed by atoms with E-state index in [1.165, 1.54) is 23.1 Å². The first-order chi connectivity index (χ1) is 21.5. The Morgan fingerprint density at radius 3 is 2.36 bits per heavy atom. The van der Waals surface area contributed by atoms with Crippen molar-refractivity contribution >= 4 is 17.7 Å². The number of carbonyl (C=O) groups is 2. The second-order valence-electron chi connectivity index (χ2n) is 10.9. The zero-order chi connectivity index (χ0) is 32.4. The van der Waals surface area contributed by atoms with Gasteiger partial charge in [0.25, 0.3) is 5.91 Å². The van der Waals surface area contributed by atoms with Crippen molar-refractivity contribution in [2.24, 2.45) is 5.73 Å². The van der Waals surface area contributed by atoms with Crippen LogP contribution in [-0.2, 0) is 24.2 Å². The fraction of sp³-hybridized carbons (Fsp3) is 0.394. The number of rotatable bonds is 16. The second kappa shape index (κ2) is 15.5. The van der Waals surface area contributed by atoms with Gasteiger partial charge >= 0.3 is 12.3 Å². The summed E-state index contributed by atoms with van der Waals surface area (Å²) in [5.41, 5.74) is 9.88. The lowest BCUT2D eigenvalue weighted by Crippen LogP contribution is -2.41. The normalized spacial score (nSPS) is 13.3. The summed E-state index contributed by atoms with van der Waals surface area (Å²) in [5.74, 6) is -0.560. The summed E-state index contributed by atoms with van der Waals surface area (Å²) in [4.78, 5) is 28.0. The number of halogens is 3. The van der Waals surface area contributed by atoms with E-state index in [1.54, 1.807) is 19.1 Å². The second-order valence-corrected chi connectivity index (χ2v) is 10.9. The molecule has 3 N–H and O–H groups in total. The minimum atomic E-state index is -4.51. The van der Waals surface area contributed by atoms with E-state index in [9.17, 15) is 27.9 Å². The van der Waals surface area contributed by atoms with Crippen molar-refractivity contribution in [3.8, 4) is 11.5 Å². The highest BCUT2D eigenvalue weighted by Crippen LogP contribution is 2.34. The molecule has 1 heterocycles. The fourth-order valence-corrected chi connectivity index (χ4v) is 5.40. The monoisotopic (exact) mass is 629 g/mol. The van der Waals surface area contributed by atoms with E-state index >= 15 is 0 Å². The van der Waals surface area contributed by atoms with Crippen LogP contribution in [0.1, 0.15) is 40.4 Å². The molecule has 0 bridgehead atoms. The predicted molar refractivity (Wildman–Crippen MR) is 163 cm³/mol. The molecule has 0 saturated carbocycles. The largest absolute Gasteiger partial charge is 0.488 e. The molecule has 242 valence electrons. The number of benzene rings is 3. The van der Waals surface area contributed by atoms with E-state index in [2.05, 4.69) is 4.90 Å². The first kappa shape index (κ1) is 33.4. The maximum atomic E-state index is 12.6. The number of carbonyl (C=O) groups excluding carboxylic acids is 1. The summed E-state index contributed by atoms with van der Waals surface area (Å²) in [6.45, 7) is 2.67. The van der Waals surface area contributed by atoms with Crippen molar-refractivity contribution in [3.05, 3.63) is 89.0 Å². The number of hydrogen-bond acceptors (Lipinski definition) is 6. The summed E-state index contributed by atoms with van der Waals surface area (Å²) in [6, 6.07) is 19.1. The van der Waals surface area contributed by atoms with Gasteiger partial charge in [-0.2, -0.15) is 13.2 Å². The van der Waals surface area contributed by atoms with E-state index < -0.39 is 30.8 Å². The zero-order valence-corrected chi connectivity index (χ0v) is 25.1. The maximum Gasteiger partial charge on any atom is 0.422 e. The van der Waals surface area contributed by atoms with Gasteiger partial charge in [-0.05, 0) is 61.1 Å². The maximum absolute atomic E-state index is 12.6. The van der Waals surface area contributed by atoms with Crippen LogP contribution in [-0.4, -0.2) is 73.7 Å². The molecule has 3 aromatic rings. The van der Waals surface area contributed by atoms with E-state index in [0.29, 0.717) is 31.7 Å². The SMILES string of the molecule is C[C@H](Cc1cc2c(c(C(N)=O)c1)N(CCCOCc1ccccc1)CC2)N(CCOc1ccccc1OCC(F)(F)F)C(=O)O. The number of alkyl halides is 3. The van der Waals surface area contributed by atoms with Gasteiger partial charge in [0.1, 0.15) is 6.61 Å². The van der Waals surface area contributed by atoms with Crippen LogP contribution in [0.3, 0.4) is 0 Å². The number of ether oxygens (including phenoxy) is 3. The topological polar surface area (TPSA) is 115 Å². The molecule has 1 aliphatic heterocycles. The molecule has 45 heavy (non-hydrogen) atoms. The Bertz CT molecular complexity index is 1440. The summed E-state index contributed by atoms with van der Waals surface area (Å²) in [6.07, 6.45) is -3.86. The number of carboxylic acid groups (broad SMARTS) is 1. The zero-order valence-electron chi connectivity index (χ0n) is 25.1. The number of primary amides is 1. The van der Waals surface area contributed by atoms with Crippen LogP contribution in [0.4, 0.5) is 23.7 Å². The Balaban J connectivity index is 1.34. The summed E-state index contributed by atoms with van der Waals surface area (Å²) in [7, 11) is 0. The fourth-order valence-electron chi connectivity index (χ4n) is 5.40. The lowest BCUT2D eigenvalue weighted by molar-refractivity contribution is -0.153. The van der Waals surface area contributed by atoms with Gasteiger partial charge in [-0.3, -0.25) is 4.79 Å². The van der Waals surface area contributed by atoms with Crippen LogP contribution in [0.5, 0.6) is 11.5 Å². The smallest absolute Gasteiger partial charge is 0.422 e. The number of fused-ring (bicyclic) bond motifs is 1. The Morgan fingerprint density at radius 1 is 1.00 bits per heavy atom. The van der Waals surface area contributed by atoms with Gasteiger partial charge < -0.3 is 34.9 Å². The predicted octanol–water partition coefficient (Wildman–Crippen LogP) is 5.69. The van der Waals surface area contributed by atoms with Crippen molar-refractivity contribution < 1.29 is 42.1 Å². The first-order valence-corrected chi connectivity index (χ1v) is 14.7. The summed E-state index contributed by atoms with van der Waals surface area (Å²) in [5, 5.41) is 9.89. The number of amides is 2. The van der Waals surface area contributed by atoms with Gasteiger partial charge in [-0.25, -0.2) is 4.79 Å². The standard InChI is InChI=1S/C33H38F3N3O6/c1-23(39(32(41)42)15-17-44-28-10-5-6-11-29(28)45-22-33(34,35)36)18-25-19-26-12-14-38(30(26)27(20-25)31(37)40)13-7-16-43-21-24-8-3-2-4-9-24/h2-6,8-11,19-20,23H,7,12-18,21-22H2,1H3,(H2,37,40)(H,41,42)/t23-/m1/s1. The Hall–Kier alpha value is -4.45. The van der Waals surface area contributed by atoms with E-state index in [-0.39, 0.29) is 24.7 Å². The number of anilines is 1. The van der Waals surface area contributed by atoms with Crippen molar-refractivity contribution in [2.75, 3.05) is 44.4 Å². The highest BCUT2D eigenvalue weighted by Gasteiger charge is 2.29. The van der Waals surface area contributed by atoms with Gasteiger partial charge in [-0.1, -0.05) is 48.5 Å². The molecule has 12 heteroatoms. The average Bonchev–Trinajstić information content (AvgIpc) is 3.40. The van der Waals surface area contributed by atoms with Crippen LogP contribution >= 0.6 is 0 Å². The van der Waals surface area contributed by atoms with E-state index in [4.69, 9.17) is 19.9 Å². The molecule has 4 rings (SSSR count). The molecule has 9 nitrogen and oxygen atoms in total. The molecule has 0 saturated heterocycles. The quantitative estimate of drug-likeness (QED) is 0.196. The molecular weight excluding hydrogens is 591 g/mol. The number of hydrogen-bond donors (Lipinski definition) is 2. The van der Waals surface area contributed by atoms with Crippen molar-refractivity contribution in [1.82, 2.24) is 4.90 Å². The third-order valence-electron chi connectivity index (χ3n) is 7.45. The molecule has 0 fully saturated rings. The molecule has 0 aromatic heterocycles. The Morgan fingerprint density at radius 2 is 1.69 bits per heavy atom. The molecule has 0 unspecified atom stereocenters. The third kappa shape index (κ3) is 9.77. The molecule has 1 atom stereocenters. The molecule has 0 spiro atoms. The molecular formula is C33H38F3N3O6. The Kier molecular flexibility index (Phi) is 11.5. The summed E-state index contributed by atoms with van der Waals surface area (Å²) < 4.78 is 54.0. The molecule has 1 aliphatic rings. The Labute approximate surface area is 260 Å². The van der Waals surface area contributed by atoms with Crippen LogP contribution in [0.15, 0.2) is 66.7 Å². The summed E-state index contributed by atoms with van der Waals surface area (Å²) >= 11 is 0. The molecule has 0 radical (unpaired) electrons. The van der Waals surface area contributed by atoms with Gasteiger partial charge in [-0.15, -0.1) is 0 Å². The lowest BCUT2D eigenvalue weighted by Gasteiger charge is -2.27. The van der Waals surface area contributed by atoms with Gasteiger partial charge in [0.15, 0.2) is 18.1 Å². The average molecular weight is 630 g/mol. The van der Waals surface area contributed by atoms with Crippen LogP contribution in [0.25, 0.3) is 0 Å². The molecule has 3 aromatic carbocycles. The first-order valence-electron chi connectivity index (χ1n) is 14.7. The highest BCUT2D eigenvalue weighted by molar-refractivity contribution is 6.00. The van der Waals surface area contributed by atoms with Crippen molar-refractivity contribution in [3.63, 3.8) is 0 Å². The lowest BCUT2D eigenvalue weighted by atomic mass is 9.97. The van der Waals surface area contributed by atoms with Gasteiger partial charge in [0.05, 0.1) is 24.4 Å². The van der Waals surface area contributed by atoms with Crippen molar-refractivity contribution in [2.45, 2.75) is 45.0 Å². The number of para-hydroxylation sites is 2. The van der Waals surface area contributed by atoms with Gasteiger partial charge in [0.2, 0.25) is 0 Å². The van der Waals surface area contributed by atoms with Crippen LogP contribution in [0, 0.1) is 0 Å². The molecule has 2 amide bonds. The molecule has 0 aliphatic carbocycles. The minimum absolute atomic E-state index is 0.0438. The number of nitrogens with zero attached hydrogens (tertiary/aromatic N) is 2. The van der Waals surface area contributed by atoms with Gasteiger partial charge in [0, 0.05) is 25.7 Å². The highest BCUT2D eigenvalue weighted by atomic mass is 19.4. The minimum Gasteiger partial charge on any atom is -0.488 e. The van der Waals surface area contributed by atoms with E-state index in [0.717, 1.165) is 41.8 Å². The van der Waals surface area contributed by atoms with E-state index in [1.807, 2.05) is 36.4 Å².